The summed E-state index contributed by atoms with van der Waals surface area (Å²) in [6.07, 6.45) is 1.50. The molecule has 0 radical (unpaired) electrons. The molecular weight excluding hydrogens is 369 g/mol. The summed E-state index contributed by atoms with van der Waals surface area (Å²) >= 11 is 0. The first-order chi connectivity index (χ1) is 13.4. The SMILES string of the molecule is COc1cccc(F)c1C(=O)c1cnc(NC2CCN(C(=O)O)CC2)nc1N. The van der Waals surface area contributed by atoms with Crippen molar-refractivity contribution in [2.45, 2.75) is 18.9 Å². The number of anilines is 2. The van der Waals surface area contributed by atoms with E-state index in [9.17, 15) is 14.0 Å². The molecule has 9 nitrogen and oxygen atoms in total. The van der Waals surface area contributed by atoms with Crippen LogP contribution >= 0.6 is 0 Å². The molecule has 4 N–H and O–H groups in total. The Labute approximate surface area is 160 Å². The van der Waals surface area contributed by atoms with Crippen molar-refractivity contribution in [2.24, 2.45) is 0 Å². The second-order valence-electron chi connectivity index (χ2n) is 6.33. The van der Waals surface area contributed by atoms with E-state index < -0.39 is 17.7 Å². The van der Waals surface area contributed by atoms with Gasteiger partial charge in [0.15, 0.2) is 0 Å². The van der Waals surface area contributed by atoms with Crippen LogP contribution in [0.1, 0.15) is 28.8 Å². The van der Waals surface area contributed by atoms with Crippen molar-refractivity contribution in [2.75, 3.05) is 31.2 Å². The maximum Gasteiger partial charge on any atom is 0.407 e. The van der Waals surface area contributed by atoms with Gasteiger partial charge in [0.1, 0.15) is 22.9 Å². The highest BCUT2D eigenvalue weighted by Crippen LogP contribution is 2.26. The van der Waals surface area contributed by atoms with Gasteiger partial charge in [-0.3, -0.25) is 4.79 Å². The summed E-state index contributed by atoms with van der Waals surface area (Å²) in [5.41, 5.74) is 5.64. The van der Waals surface area contributed by atoms with E-state index in [1.807, 2.05) is 0 Å². The molecule has 2 aromatic rings. The zero-order valence-corrected chi connectivity index (χ0v) is 15.2. The molecule has 2 heterocycles. The van der Waals surface area contributed by atoms with Crippen LogP contribution in [0.5, 0.6) is 5.75 Å². The molecule has 1 aromatic heterocycles. The number of nitrogen functional groups attached to an aromatic ring is 1. The number of rotatable bonds is 5. The van der Waals surface area contributed by atoms with Gasteiger partial charge >= 0.3 is 6.09 Å². The van der Waals surface area contributed by atoms with E-state index in [2.05, 4.69) is 15.3 Å². The molecule has 0 bridgehead atoms. The summed E-state index contributed by atoms with van der Waals surface area (Å²) in [7, 11) is 1.34. The fraction of sp³-hybridized carbons (Fsp3) is 0.333. The monoisotopic (exact) mass is 389 g/mol. The Balaban J connectivity index is 1.75. The van der Waals surface area contributed by atoms with Crippen LogP contribution in [0.25, 0.3) is 0 Å². The molecule has 0 aliphatic carbocycles. The van der Waals surface area contributed by atoms with Gasteiger partial charge in [0, 0.05) is 25.3 Å². The van der Waals surface area contributed by atoms with E-state index in [0.717, 1.165) is 6.07 Å². The Morgan fingerprint density at radius 1 is 1.36 bits per heavy atom. The van der Waals surface area contributed by atoms with E-state index in [4.69, 9.17) is 15.6 Å². The number of hydrogen-bond donors (Lipinski definition) is 3. The first-order valence-corrected chi connectivity index (χ1v) is 8.64. The molecule has 28 heavy (non-hydrogen) atoms. The number of nitrogens with one attached hydrogen (secondary N) is 1. The molecule has 1 aliphatic heterocycles. The predicted octanol–water partition coefficient (Wildman–Crippen LogP) is 1.99. The maximum absolute atomic E-state index is 14.1. The highest BCUT2D eigenvalue weighted by Gasteiger charge is 2.25. The lowest BCUT2D eigenvalue weighted by atomic mass is 10.0. The number of hydrogen-bond acceptors (Lipinski definition) is 7. The third kappa shape index (κ3) is 3.95. The molecule has 0 saturated carbocycles. The molecule has 0 spiro atoms. The molecule has 1 aromatic carbocycles. The summed E-state index contributed by atoms with van der Waals surface area (Å²) in [5.74, 6) is -1.17. The highest BCUT2D eigenvalue weighted by molar-refractivity contribution is 6.13. The first-order valence-electron chi connectivity index (χ1n) is 8.64. The molecule has 10 heteroatoms. The molecule has 3 rings (SSSR count). The van der Waals surface area contributed by atoms with Crippen LogP contribution in [0.3, 0.4) is 0 Å². The van der Waals surface area contributed by atoms with E-state index in [0.29, 0.717) is 25.9 Å². The van der Waals surface area contributed by atoms with Crippen molar-refractivity contribution in [1.29, 1.82) is 0 Å². The molecule has 0 unspecified atom stereocenters. The van der Waals surface area contributed by atoms with Crippen LogP contribution in [0.4, 0.5) is 21.0 Å². The maximum atomic E-state index is 14.1. The lowest BCUT2D eigenvalue weighted by molar-refractivity contribution is 0.103. The Morgan fingerprint density at radius 3 is 2.68 bits per heavy atom. The van der Waals surface area contributed by atoms with Crippen LogP contribution in [0.15, 0.2) is 24.4 Å². The van der Waals surface area contributed by atoms with Crippen molar-refractivity contribution >= 4 is 23.6 Å². The summed E-state index contributed by atoms with van der Waals surface area (Å²) in [5, 5.41) is 12.1. The number of methoxy groups -OCH3 is 1. The number of halogens is 1. The first kappa shape index (κ1) is 19.3. The number of piperidine rings is 1. The third-order valence-electron chi connectivity index (χ3n) is 4.58. The smallest absolute Gasteiger partial charge is 0.407 e. The fourth-order valence-corrected chi connectivity index (χ4v) is 3.07. The molecule has 0 atom stereocenters. The number of aromatic nitrogens is 2. The van der Waals surface area contributed by atoms with Gasteiger partial charge in [0.25, 0.3) is 0 Å². The Bertz CT molecular complexity index is 900. The third-order valence-corrected chi connectivity index (χ3v) is 4.58. The standard InChI is InChI=1S/C18H20FN5O4/c1-28-13-4-2-3-12(19)14(13)15(25)11-9-21-17(23-16(11)20)22-10-5-7-24(8-6-10)18(26)27/h2-4,9-10H,5-8H2,1H3,(H,26,27)(H3,20,21,22,23). The second-order valence-corrected chi connectivity index (χ2v) is 6.33. The van der Waals surface area contributed by atoms with Crippen LogP contribution in [-0.2, 0) is 0 Å². The lowest BCUT2D eigenvalue weighted by Gasteiger charge is -2.30. The Morgan fingerprint density at radius 2 is 2.07 bits per heavy atom. The molecule has 1 fully saturated rings. The van der Waals surface area contributed by atoms with E-state index in [1.54, 1.807) is 0 Å². The largest absolute Gasteiger partial charge is 0.496 e. The minimum absolute atomic E-state index is 0.0109. The predicted molar refractivity (Wildman–Crippen MR) is 99.1 cm³/mol. The minimum atomic E-state index is -0.939. The number of carboxylic acid groups (broad SMARTS) is 1. The number of benzene rings is 1. The number of carbonyl (C=O) groups is 2. The van der Waals surface area contributed by atoms with Crippen molar-refractivity contribution in [3.63, 3.8) is 0 Å². The van der Waals surface area contributed by atoms with Gasteiger partial charge in [-0.05, 0) is 25.0 Å². The fourth-order valence-electron chi connectivity index (χ4n) is 3.07. The second kappa shape index (κ2) is 8.07. The minimum Gasteiger partial charge on any atom is -0.496 e. The van der Waals surface area contributed by atoms with Crippen molar-refractivity contribution in [3.8, 4) is 5.75 Å². The number of ether oxygens (including phenoxy) is 1. The van der Waals surface area contributed by atoms with E-state index in [1.165, 1.54) is 30.3 Å². The van der Waals surface area contributed by atoms with Gasteiger partial charge in [-0.15, -0.1) is 0 Å². The van der Waals surface area contributed by atoms with Crippen LogP contribution in [-0.4, -0.2) is 58.1 Å². The summed E-state index contributed by atoms with van der Waals surface area (Å²) < 4.78 is 19.2. The normalized spacial score (nSPS) is 14.6. The summed E-state index contributed by atoms with van der Waals surface area (Å²) in [6, 6.07) is 4.06. The Hall–Kier alpha value is -3.43. The number of nitrogens with zero attached hydrogens (tertiary/aromatic N) is 3. The molecular formula is C18H20FN5O4. The lowest BCUT2D eigenvalue weighted by Crippen LogP contribution is -2.41. The highest BCUT2D eigenvalue weighted by atomic mass is 19.1. The van der Waals surface area contributed by atoms with Gasteiger partial charge in [-0.1, -0.05) is 6.07 Å². The number of carbonyl (C=O) groups excluding carboxylic acids is 1. The van der Waals surface area contributed by atoms with Crippen molar-refractivity contribution < 1.29 is 23.8 Å². The van der Waals surface area contributed by atoms with Crippen LogP contribution in [0, 0.1) is 5.82 Å². The number of likely N-dealkylation sites (tertiary alicyclic amines) is 1. The summed E-state index contributed by atoms with van der Waals surface area (Å²) in [6.45, 7) is 0.818. The number of amides is 1. The molecule has 1 aliphatic rings. The van der Waals surface area contributed by atoms with Gasteiger partial charge < -0.3 is 25.8 Å². The van der Waals surface area contributed by atoms with Crippen molar-refractivity contribution in [3.05, 3.63) is 41.3 Å². The molecule has 148 valence electrons. The average Bonchev–Trinajstić information content (AvgIpc) is 2.67. The topological polar surface area (TPSA) is 131 Å². The number of ketones is 1. The Kier molecular flexibility index (Phi) is 5.57. The van der Waals surface area contributed by atoms with Crippen LogP contribution in [0.2, 0.25) is 0 Å². The van der Waals surface area contributed by atoms with Crippen LogP contribution < -0.4 is 15.8 Å². The molecule has 1 saturated heterocycles. The van der Waals surface area contributed by atoms with Gasteiger partial charge in [0.05, 0.1) is 12.7 Å². The van der Waals surface area contributed by atoms with Gasteiger partial charge in [-0.25, -0.2) is 14.2 Å². The number of nitrogens with two attached hydrogens (primary N) is 1. The quantitative estimate of drug-likeness (QED) is 0.662. The zero-order chi connectivity index (χ0) is 20.3. The van der Waals surface area contributed by atoms with Gasteiger partial charge in [-0.2, -0.15) is 4.98 Å². The average molecular weight is 389 g/mol. The van der Waals surface area contributed by atoms with E-state index in [-0.39, 0.29) is 34.7 Å². The van der Waals surface area contributed by atoms with Crippen molar-refractivity contribution in [1.82, 2.24) is 14.9 Å². The zero-order valence-electron chi connectivity index (χ0n) is 15.2. The van der Waals surface area contributed by atoms with Gasteiger partial charge in [0.2, 0.25) is 11.7 Å². The van der Waals surface area contributed by atoms with E-state index >= 15 is 0 Å². The summed E-state index contributed by atoms with van der Waals surface area (Å²) in [4.78, 5) is 33.2. The molecule has 1 amide bonds.